The lowest BCUT2D eigenvalue weighted by Crippen LogP contribution is -2.14. The number of thiophene rings is 1. The van der Waals surface area contributed by atoms with Crippen LogP contribution in [0, 0.1) is 0 Å². The number of fused-ring (bicyclic) bond motifs is 1. The molecule has 0 amide bonds. The van der Waals surface area contributed by atoms with Gasteiger partial charge in [0.2, 0.25) is 0 Å². The molecule has 6 heteroatoms. The van der Waals surface area contributed by atoms with Crippen LogP contribution in [0.3, 0.4) is 0 Å². The molecular weight excluding hydrogens is 306 g/mol. The molecule has 0 saturated carbocycles. The lowest BCUT2D eigenvalue weighted by molar-refractivity contribution is -0.137. The van der Waals surface area contributed by atoms with Gasteiger partial charge in [-0.15, -0.1) is 11.3 Å². The lowest BCUT2D eigenvalue weighted by Gasteiger charge is -2.04. The second kappa shape index (κ2) is 5.83. The highest BCUT2D eigenvalue weighted by Gasteiger charge is 2.12. The molecule has 0 unspecified atom stereocenters. The molecule has 3 rings (SSSR count). The number of carboxylic acids is 1. The predicted molar refractivity (Wildman–Crippen MR) is 86.3 cm³/mol. The van der Waals surface area contributed by atoms with Gasteiger partial charge >= 0.3 is 10.8 Å². The summed E-state index contributed by atoms with van der Waals surface area (Å²) in [6.45, 7) is 0.443. The van der Waals surface area contributed by atoms with E-state index in [9.17, 15) is 9.59 Å². The minimum atomic E-state index is -0.832. The van der Waals surface area contributed by atoms with Gasteiger partial charge in [0.1, 0.15) is 0 Å². The minimum absolute atomic E-state index is 0.0344. The summed E-state index contributed by atoms with van der Waals surface area (Å²) in [5.74, 6) is -0.832. The summed E-state index contributed by atoms with van der Waals surface area (Å²) in [4.78, 5) is 23.6. The zero-order chi connectivity index (χ0) is 14.8. The first-order valence-electron chi connectivity index (χ1n) is 6.54. The third-order valence-electron chi connectivity index (χ3n) is 3.23. The highest BCUT2D eigenvalue weighted by atomic mass is 32.1. The Morgan fingerprint density at radius 3 is 2.86 bits per heavy atom. The van der Waals surface area contributed by atoms with E-state index < -0.39 is 5.97 Å². The molecule has 2 heterocycles. The van der Waals surface area contributed by atoms with E-state index in [1.807, 2.05) is 17.5 Å². The van der Waals surface area contributed by atoms with Crippen LogP contribution < -0.4 is 4.87 Å². The fourth-order valence-corrected chi connectivity index (χ4v) is 4.18. The highest BCUT2D eigenvalue weighted by Crippen LogP contribution is 2.33. The van der Waals surface area contributed by atoms with Gasteiger partial charge in [0.05, 0.1) is 10.6 Å². The fraction of sp³-hybridized carbons (Fsp3) is 0.200. The number of rotatable bonds is 5. The molecule has 0 radical (unpaired) electrons. The van der Waals surface area contributed by atoms with Gasteiger partial charge in [-0.1, -0.05) is 29.5 Å². The lowest BCUT2D eigenvalue weighted by atomic mass is 10.2. The second-order valence-corrected chi connectivity index (χ2v) is 6.59. The summed E-state index contributed by atoms with van der Waals surface area (Å²) in [6, 6.07) is 10.2. The third kappa shape index (κ3) is 2.91. The van der Waals surface area contributed by atoms with Crippen molar-refractivity contribution >= 4 is 38.7 Å². The van der Waals surface area contributed by atoms with E-state index in [-0.39, 0.29) is 11.3 Å². The normalized spacial score (nSPS) is 11.0. The minimum Gasteiger partial charge on any atom is -0.481 e. The number of carboxylic acid groups (broad SMARTS) is 1. The van der Waals surface area contributed by atoms with Gasteiger partial charge in [0.15, 0.2) is 0 Å². The van der Waals surface area contributed by atoms with Crippen molar-refractivity contribution in [2.75, 3.05) is 0 Å². The van der Waals surface area contributed by atoms with Crippen molar-refractivity contribution < 1.29 is 9.90 Å². The number of hydrogen-bond donors (Lipinski definition) is 1. The van der Waals surface area contributed by atoms with Crippen molar-refractivity contribution in [3.05, 3.63) is 45.4 Å². The first kappa shape index (κ1) is 14.0. The van der Waals surface area contributed by atoms with Crippen molar-refractivity contribution in [2.24, 2.45) is 0 Å². The second-order valence-electron chi connectivity index (χ2n) is 4.68. The van der Waals surface area contributed by atoms with E-state index in [1.54, 1.807) is 15.9 Å². The van der Waals surface area contributed by atoms with Gasteiger partial charge in [-0.05, 0) is 23.9 Å². The van der Waals surface area contributed by atoms with Crippen LogP contribution in [-0.2, 0) is 11.3 Å². The Labute approximate surface area is 128 Å². The topological polar surface area (TPSA) is 59.3 Å². The van der Waals surface area contributed by atoms with Crippen molar-refractivity contribution in [1.29, 1.82) is 0 Å². The summed E-state index contributed by atoms with van der Waals surface area (Å²) in [5, 5.41) is 11.7. The van der Waals surface area contributed by atoms with Crippen LogP contribution in [0.2, 0.25) is 0 Å². The van der Waals surface area contributed by atoms with E-state index in [4.69, 9.17) is 5.11 Å². The zero-order valence-electron chi connectivity index (χ0n) is 11.1. The molecule has 0 aliphatic rings. The molecule has 0 atom stereocenters. The Hall–Kier alpha value is -1.92. The number of carbonyl (C=O) groups is 1. The molecule has 2 aromatic heterocycles. The largest absolute Gasteiger partial charge is 0.481 e. The van der Waals surface area contributed by atoms with Gasteiger partial charge < -0.3 is 5.11 Å². The maximum absolute atomic E-state index is 11.9. The molecule has 21 heavy (non-hydrogen) atoms. The van der Waals surface area contributed by atoms with Crippen LogP contribution in [0.25, 0.3) is 20.7 Å². The van der Waals surface area contributed by atoms with Gasteiger partial charge in [-0.25, -0.2) is 0 Å². The molecule has 1 N–H and O–H groups in total. The van der Waals surface area contributed by atoms with Crippen LogP contribution in [-0.4, -0.2) is 15.6 Å². The van der Waals surface area contributed by atoms with Crippen molar-refractivity contribution in [3.63, 3.8) is 0 Å². The van der Waals surface area contributed by atoms with Gasteiger partial charge in [0.25, 0.3) is 0 Å². The van der Waals surface area contributed by atoms with Gasteiger partial charge in [-0.3, -0.25) is 14.2 Å². The van der Waals surface area contributed by atoms with Crippen molar-refractivity contribution in [1.82, 2.24) is 4.57 Å². The number of thiazole rings is 1. The zero-order valence-corrected chi connectivity index (χ0v) is 12.7. The molecule has 0 aliphatic heterocycles. The Balaban J connectivity index is 1.94. The van der Waals surface area contributed by atoms with E-state index in [0.29, 0.717) is 13.0 Å². The summed E-state index contributed by atoms with van der Waals surface area (Å²) in [5.41, 5.74) is 0.886. The molecule has 3 aromatic rings. The van der Waals surface area contributed by atoms with Crippen LogP contribution in [0.4, 0.5) is 0 Å². The van der Waals surface area contributed by atoms with E-state index in [2.05, 4.69) is 18.2 Å². The first-order chi connectivity index (χ1) is 10.1. The molecule has 0 saturated heterocycles. The Morgan fingerprint density at radius 1 is 1.29 bits per heavy atom. The number of aromatic nitrogens is 1. The number of hydrogen-bond acceptors (Lipinski definition) is 4. The maximum atomic E-state index is 11.9. The number of benzene rings is 1. The molecule has 1 aromatic carbocycles. The van der Waals surface area contributed by atoms with Crippen LogP contribution in [0.15, 0.2) is 40.5 Å². The SMILES string of the molecule is O=C(O)CCCn1c(-c2cc3ccccc3s2)csc1=O. The standard InChI is InChI=1S/C15H13NO3S2/c17-14(18)6-3-7-16-11(9-20-15(16)19)13-8-10-4-1-2-5-12(10)21-13/h1-2,4-5,8-9H,3,6-7H2,(H,17,18). The molecule has 0 fully saturated rings. The van der Waals surface area contributed by atoms with E-state index in [0.717, 1.165) is 27.3 Å². The molecule has 4 nitrogen and oxygen atoms in total. The highest BCUT2D eigenvalue weighted by molar-refractivity contribution is 7.22. The molecular formula is C15H13NO3S2. The summed E-state index contributed by atoms with van der Waals surface area (Å²) in [7, 11) is 0. The first-order valence-corrected chi connectivity index (χ1v) is 8.24. The van der Waals surface area contributed by atoms with Gasteiger partial charge in [0, 0.05) is 23.0 Å². The summed E-state index contributed by atoms with van der Waals surface area (Å²) < 4.78 is 2.86. The Kier molecular flexibility index (Phi) is 3.90. The molecule has 0 spiro atoms. The quantitative estimate of drug-likeness (QED) is 0.781. The van der Waals surface area contributed by atoms with Crippen LogP contribution >= 0.6 is 22.7 Å². The monoisotopic (exact) mass is 319 g/mol. The maximum Gasteiger partial charge on any atom is 0.307 e. The Bertz CT molecular complexity index is 811. The third-order valence-corrected chi connectivity index (χ3v) is 5.13. The Morgan fingerprint density at radius 2 is 2.10 bits per heavy atom. The average Bonchev–Trinajstić information content (AvgIpc) is 3.02. The molecule has 0 aliphatic carbocycles. The van der Waals surface area contributed by atoms with Crippen molar-refractivity contribution in [3.8, 4) is 10.6 Å². The fourth-order valence-electron chi connectivity index (χ4n) is 2.23. The van der Waals surface area contributed by atoms with Crippen LogP contribution in [0.5, 0.6) is 0 Å². The average molecular weight is 319 g/mol. The van der Waals surface area contributed by atoms with E-state index in [1.165, 1.54) is 4.70 Å². The van der Waals surface area contributed by atoms with Crippen LogP contribution in [0.1, 0.15) is 12.8 Å². The summed E-state index contributed by atoms with van der Waals surface area (Å²) in [6.07, 6.45) is 0.540. The molecule has 0 bridgehead atoms. The van der Waals surface area contributed by atoms with Crippen molar-refractivity contribution in [2.45, 2.75) is 19.4 Å². The smallest absolute Gasteiger partial charge is 0.307 e. The predicted octanol–water partition coefficient (Wildman–Crippen LogP) is 3.66. The molecule has 108 valence electrons. The summed E-state index contributed by atoms with van der Waals surface area (Å²) >= 11 is 2.81. The van der Waals surface area contributed by atoms with Gasteiger partial charge in [-0.2, -0.15) is 0 Å². The number of aliphatic carboxylic acids is 1. The van der Waals surface area contributed by atoms with E-state index >= 15 is 0 Å². The number of nitrogens with zero attached hydrogens (tertiary/aromatic N) is 1.